The van der Waals surface area contributed by atoms with Gasteiger partial charge in [0.05, 0.1) is 12.8 Å². The SMILES string of the molecule is COc1cccc2c(NN)cc(C(C)(C)C)nc12. The smallest absolute Gasteiger partial charge is 0.145 e. The lowest BCUT2D eigenvalue weighted by atomic mass is 9.90. The van der Waals surface area contributed by atoms with E-state index in [2.05, 4.69) is 26.2 Å². The van der Waals surface area contributed by atoms with Gasteiger partial charge in [-0.3, -0.25) is 5.84 Å². The van der Waals surface area contributed by atoms with Crippen LogP contribution in [0.1, 0.15) is 26.5 Å². The predicted molar refractivity (Wildman–Crippen MR) is 74.8 cm³/mol. The summed E-state index contributed by atoms with van der Waals surface area (Å²) in [5.74, 6) is 6.36. The van der Waals surface area contributed by atoms with E-state index in [1.54, 1.807) is 7.11 Å². The Morgan fingerprint density at radius 3 is 2.56 bits per heavy atom. The van der Waals surface area contributed by atoms with E-state index in [1.165, 1.54) is 0 Å². The van der Waals surface area contributed by atoms with Gasteiger partial charge >= 0.3 is 0 Å². The Bertz CT molecular complexity index is 573. The molecule has 1 aromatic carbocycles. The van der Waals surface area contributed by atoms with Crippen molar-refractivity contribution >= 4 is 16.6 Å². The van der Waals surface area contributed by atoms with Crippen LogP contribution >= 0.6 is 0 Å². The highest BCUT2D eigenvalue weighted by Crippen LogP contribution is 2.32. The van der Waals surface area contributed by atoms with Gasteiger partial charge in [-0.2, -0.15) is 0 Å². The molecule has 0 aliphatic rings. The summed E-state index contributed by atoms with van der Waals surface area (Å²) in [6.45, 7) is 6.37. The fourth-order valence-electron chi connectivity index (χ4n) is 1.89. The molecule has 0 spiro atoms. The molecule has 0 fully saturated rings. The van der Waals surface area contributed by atoms with Crippen LogP contribution in [0, 0.1) is 0 Å². The maximum atomic E-state index is 5.60. The second kappa shape index (κ2) is 4.46. The number of nitrogens with zero attached hydrogens (tertiary/aromatic N) is 1. The number of pyridine rings is 1. The third-order valence-electron chi connectivity index (χ3n) is 2.95. The van der Waals surface area contributed by atoms with E-state index in [-0.39, 0.29) is 5.41 Å². The zero-order valence-corrected chi connectivity index (χ0v) is 11.2. The van der Waals surface area contributed by atoms with Crippen LogP contribution in [0.15, 0.2) is 24.3 Å². The molecule has 4 heteroatoms. The molecule has 2 aromatic rings. The second-order valence-corrected chi connectivity index (χ2v) is 5.31. The molecule has 0 amide bonds. The standard InChI is InChI=1S/C14H19N3O/c1-14(2,3)12-8-10(17-15)9-6-5-7-11(18-4)13(9)16-12/h5-8H,15H2,1-4H3,(H,16,17). The molecule has 0 saturated carbocycles. The number of ether oxygens (including phenoxy) is 1. The fraction of sp³-hybridized carbons (Fsp3) is 0.357. The summed E-state index contributed by atoms with van der Waals surface area (Å²) < 4.78 is 5.36. The van der Waals surface area contributed by atoms with Gasteiger partial charge in [-0.1, -0.05) is 32.9 Å². The number of benzene rings is 1. The molecule has 1 aromatic heterocycles. The molecule has 0 radical (unpaired) electrons. The number of aromatic nitrogens is 1. The van der Waals surface area contributed by atoms with Gasteiger partial charge in [0.15, 0.2) is 0 Å². The van der Waals surface area contributed by atoms with E-state index in [0.717, 1.165) is 28.0 Å². The van der Waals surface area contributed by atoms with Gasteiger partial charge in [0.25, 0.3) is 0 Å². The maximum absolute atomic E-state index is 5.60. The summed E-state index contributed by atoms with van der Waals surface area (Å²) in [4.78, 5) is 4.71. The van der Waals surface area contributed by atoms with Gasteiger partial charge in [-0.15, -0.1) is 0 Å². The van der Waals surface area contributed by atoms with Crippen molar-refractivity contribution in [3.8, 4) is 5.75 Å². The average Bonchev–Trinajstić information content (AvgIpc) is 2.35. The van der Waals surface area contributed by atoms with Crippen LogP contribution in [0.3, 0.4) is 0 Å². The monoisotopic (exact) mass is 245 g/mol. The lowest BCUT2D eigenvalue weighted by Gasteiger charge is -2.20. The number of para-hydroxylation sites is 1. The van der Waals surface area contributed by atoms with Crippen molar-refractivity contribution in [1.82, 2.24) is 4.98 Å². The summed E-state index contributed by atoms with van der Waals surface area (Å²) in [5, 5.41) is 0.963. The highest BCUT2D eigenvalue weighted by molar-refractivity contribution is 5.95. The molecule has 0 aliphatic heterocycles. The van der Waals surface area contributed by atoms with Crippen LogP contribution in [-0.2, 0) is 5.41 Å². The third kappa shape index (κ3) is 2.11. The molecular weight excluding hydrogens is 226 g/mol. The highest BCUT2D eigenvalue weighted by Gasteiger charge is 2.18. The molecule has 0 aliphatic carbocycles. The van der Waals surface area contributed by atoms with Crippen molar-refractivity contribution in [3.63, 3.8) is 0 Å². The van der Waals surface area contributed by atoms with Crippen LogP contribution in [0.4, 0.5) is 5.69 Å². The summed E-state index contributed by atoms with van der Waals surface area (Å²) in [6, 6.07) is 7.80. The van der Waals surface area contributed by atoms with Crippen molar-refractivity contribution in [3.05, 3.63) is 30.0 Å². The van der Waals surface area contributed by atoms with Gasteiger partial charge < -0.3 is 10.2 Å². The normalized spacial score (nSPS) is 11.6. The molecule has 0 unspecified atom stereocenters. The van der Waals surface area contributed by atoms with Crippen molar-refractivity contribution in [2.24, 2.45) is 5.84 Å². The first-order valence-corrected chi connectivity index (χ1v) is 5.92. The van der Waals surface area contributed by atoms with Crippen LogP contribution < -0.4 is 16.0 Å². The van der Waals surface area contributed by atoms with E-state index in [9.17, 15) is 0 Å². The second-order valence-electron chi connectivity index (χ2n) is 5.31. The van der Waals surface area contributed by atoms with Crippen molar-refractivity contribution in [2.45, 2.75) is 26.2 Å². The predicted octanol–water partition coefficient (Wildman–Crippen LogP) is 2.83. The van der Waals surface area contributed by atoms with Crippen LogP contribution in [0.2, 0.25) is 0 Å². The number of nitrogens with one attached hydrogen (secondary N) is 1. The molecule has 0 bridgehead atoms. The van der Waals surface area contributed by atoms with E-state index < -0.39 is 0 Å². The topological polar surface area (TPSA) is 60.2 Å². The van der Waals surface area contributed by atoms with E-state index in [4.69, 9.17) is 15.6 Å². The summed E-state index contributed by atoms with van der Waals surface area (Å²) in [5.41, 5.74) is 5.37. The Hall–Kier alpha value is -1.81. The molecule has 96 valence electrons. The number of hydrogen-bond acceptors (Lipinski definition) is 4. The van der Waals surface area contributed by atoms with Crippen molar-refractivity contribution < 1.29 is 4.74 Å². The Kier molecular flexibility index (Phi) is 3.13. The zero-order valence-electron chi connectivity index (χ0n) is 11.2. The number of hydrogen-bond donors (Lipinski definition) is 2. The Morgan fingerprint density at radius 2 is 2.00 bits per heavy atom. The quantitative estimate of drug-likeness (QED) is 0.631. The van der Waals surface area contributed by atoms with E-state index in [0.29, 0.717) is 0 Å². The number of nitrogen functional groups attached to an aromatic ring is 1. The Balaban J connectivity index is 2.80. The Morgan fingerprint density at radius 1 is 1.28 bits per heavy atom. The summed E-state index contributed by atoms with van der Waals surface area (Å²) in [7, 11) is 1.65. The summed E-state index contributed by atoms with van der Waals surface area (Å²) >= 11 is 0. The summed E-state index contributed by atoms with van der Waals surface area (Å²) in [6.07, 6.45) is 0. The molecule has 3 N–H and O–H groups in total. The fourth-order valence-corrected chi connectivity index (χ4v) is 1.89. The van der Waals surface area contributed by atoms with Gasteiger partial charge in [0.1, 0.15) is 11.3 Å². The third-order valence-corrected chi connectivity index (χ3v) is 2.95. The highest BCUT2D eigenvalue weighted by atomic mass is 16.5. The Labute approximate surface area is 107 Å². The number of nitrogens with two attached hydrogens (primary N) is 1. The molecule has 1 heterocycles. The first-order chi connectivity index (χ1) is 8.47. The van der Waals surface area contributed by atoms with Crippen molar-refractivity contribution in [2.75, 3.05) is 12.5 Å². The number of anilines is 1. The van der Waals surface area contributed by atoms with Gasteiger partial charge in [-0.25, -0.2) is 4.98 Å². The minimum absolute atomic E-state index is 0.0410. The van der Waals surface area contributed by atoms with E-state index in [1.807, 2.05) is 24.3 Å². The minimum atomic E-state index is -0.0410. The average molecular weight is 245 g/mol. The van der Waals surface area contributed by atoms with Gasteiger partial charge in [0, 0.05) is 16.5 Å². The number of fused-ring (bicyclic) bond motifs is 1. The minimum Gasteiger partial charge on any atom is -0.494 e. The van der Waals surface area contributed by atoms with E-state index >= 15 is 0 Å². The zero-order chi connectivity index (χ0) is 13.3. The molecule has 0 saturated heterocycles. The molecular formula is C14H19N3O. The van der Waals surface area contributed by atoms with Crippen LogP contribution in [0.5, 0.6) is 5.75 Å². The number of rotatable bonds is 2. The molecule has 18 heavy (non-hydrogen) atoms. The lowest BCUT2D eigenvalue weighted by Crippen LogP contribution is -2.16. The molecule has 2 rings (SSSR count). The first kappa shape index (κ1) is 12.6. The van der Waals surface area contributed by atoms with Crippen LogP contribution in [0.25, 0.3) is 10.9 Å². The largest absolute Gasteiger partial charge is 0.494 e. The maximum Gasteiger partial charge on any atom is 0.145 e. The van der Waals surface area contributed by atoms with Crippen molar-refractivity contribution in [1.29, 1.82) is 0 Å². The molecule has 4 nitrogen and oxygen atoms in total. The van der Waals surface area contributed by atoms with Gasteiger partial charge in [0.2, 0.25) is 0 Å². The number of methoxy groups -OCH3 is 1. The van der Waals surface area contributed by atoms with Crippen LogP contribution in [-0.4, -0.2) is 12.1 Å². The molecule has 0 atom stereocenters. The lowest BCUT2D eigenvalue weighted by molar-refractivity contribution is 0.418. The first-order valence-electron chi connectivity index (χ1n) is 5.92. The number of hydrazine groups is 1. The van der Waals surface area contributed by atoms with Gasteiger partial charge in [-0.05, 0) is 12.1 Å².